The molecule has 0 saturated carbocycles. The Kier molecular flexibility index (Phi) is 4.04. The molecule has 1 fully saturated rings. The smallest absolute Gasteiger partial charge is 0.416 e. The number of cyclic esters (lactones) is 1. The van der Waals surface area contributed by atoms with Crippen LogP contribution in [0.25, 0.3) is 0 Å². The van der Waals surface area contributed by atoms with E-state index >= 15 is 0 Å². The molecule has 90 valence electrons. The Bertz CT molecular complexity index is 311. The van der Waals surface area contributed by atoms with E-state index in [9.17, 15) is 14.4 Å². The fourth-order valence-corrected chi connectivity index (χ4v) is 1.71. The number of carbonyl (C=O) groups excluding carboxylic acids is 3. The van der Waals surface area contributed by atoms with Gasteiger partial charge in [-0.2, -0.15) is 0 Å². The van der Waals surface area contributed by atoms with Crippen molar-refractivity contribution in [3.8, 4) is 0 Å². The summed E-state index contributed by atoms with van der Waals surface area (Å²) in [4.78, 5) is 35.4. The molecule has 16 heavy (non-hydrogen) atoms. The van der Waals surface area contributed by atoms with Gasteiger partial charge in [-0.25, -0.2) is 9.69 Å². The molecule has 1 unspecified atom stereocenters. The number of imide groups is 1. The second-order valence-corrected chi connectivity index (χ2v) is 4.36. The lowest BCUT2D eigenvalue weighted by atomic mass is 9.90. The van der Waals surface area contributed by atoms with Crippen LogP contribution >= 0.6 is 0 Å². The first-order valence-corrected chi connectivity index (χ1v) is 5.41. The Morgan fingerprint density at radius 2 is 2.06 bits per heavy atom. The van der Waals surface area contributed by atoms with Gasteiger partial charge in [0.25, 0.3) is 0 Å². The summed E-state index contributed by atoms with van der Waals surface area (Å²) in [5, 5.41) is 0. The zero-order chi connectivity index (χ0) is 12.3. The first-order valence-electron chi connectivity index (χ1n) is 5.41. The third-order valence-corrected chi connectivity index (χ3v) is 2.66. The lowest BCUT2D eigenvalue weighted by Crippen LogP contribution is -2.39. The Morgan fingerprint density at radius 1 is 1.44 bits per heavy atom. The van der Waals surface area contributed by atoms with E-state index in [1.54, 1.807) is 0 Å². The van der Waals surface area contributed by atoms with Crippen molar-refractivity contribution >= 4 is 17.8 Å². The van der Waals surface area contributed by atoms with Crippen LogP contribution in [-0.2, 0) is 14.3 Å². The molecule has 5 heteroatoms. The van der Waals surface area contributed by atoms with Gasteiger partial charge in [0.05, 0.1) is 6.54 Å². The van der Waals surface area contributed by atoms with Gasteiger partial charge in [-0.05, 0) is 12.8 Å². The van der Waals surface area contributed by atoms with Gasteiger partial charge < -0.3 is 9.53 Å². The van der Waals surface area contributed by atoms with Crippen LogP contribution in [0.15, 0.2) is 0 Å². The highest BCUT2D eigenvalue weighted by Gasteiger charge is 2.35. The second-order valence-electron chi connectivity index (χ2n) is 4.36. The molecule has 2 amide bonds. The summed E-state index contributed by atoms with van der Waals surface area (Å²) in [5.74, 6) is -0.736. The van der Waals surface area contributed by atoms with E-state index in [-0.39, 0.29) is 30.6 Å². The van der Waals surface area contributed by atoms with E-state index in [4.69, 9.17) is 4.74 Å². The highest BCUT2D eigenvalue weighted by atomic mass is 16.6. The third kappa shape index (κ3) is 2.81. The molecule has 0 radical (unpaired) electrons. The number of hydrogen-bond donors (Lipinski definition) is 0. The van der Waals surface area contributed by atoms with Gasteiger partial charge in [0.1, 0.15) is 12.4 Å². The molecule has 0 spiro atoms. The summed E-state index contributed by atoms with van der Waals surface area (Å²) in [6.45, 7) is 5.72. The Morgan fingerprint density at radius 3 is 2.44 bits per heavy atom. The summed E-state index contributed by atoms with van der Waals surface area (Å²) >= 11 is 0. The predicted octanol–water partition coefficient (Wildman–Crippen LogP) is 1.22. The predicted molar refractivity (Wildman–Crippen MR) is 56.7 cm³/mol. The van der Waals surface area contributed by atoms with Crippen LogP contribution in [0.5, 0.6) is 0 Å². The largest absolute Gasteiger partial charge is 0.447 e. The van der Waals surface area contributed by atoms with Gasteiger partial charge in [-0.3, -0.25) is 4.79 Å². The van der Waals surface area contributed by atoms with Crippen molar-refractivity contribution < 1.29 is 19.1 Å². The van der Waals surface area contributed by atoms with Gasteiger partial charge in [-0.1, -0.05) is 13.8 Å². The summed E-state index contributed by atoms with van der Waals surface area (Å²) < 4.78 is 4.70. The molecule has 0 bridgehead atoms. The zero-order valence-electron chi connectivity index (χ0n) is 9.86. The SMILES string of the molecule is CC(=O)CC(C(=O)N1CCOC1=O)C(C)C. The zero-order valence-corrected chi connectivity index (χ0v) is 9.86. The van der Waals surface area contributed by atoms with Crippen LogP contribution in [0.3, 0.4) is 0 Å². The van der Waals surface area contributed by atoms with Gasteiger partial charge in [0.2, 0.25) is 5.91 Å². The fraction of sp³-hybridized carbons (Fsp3) is 0.727. The average Bonchev–Trinajstić information content (AvgIpc) is 2.59. The van der Waals surface area contributed by atoms with Crippen molar-refractivity contribution in [1.29, 1.82) is 0 Å². The molecule has 0 aromatic heterocycles. The highest BCUT2D eigenvalue weighted by molar-refractivity contribution is 5.96. The maximum absolute atomic E-state index is 12.0. The molecule has 1 atom stereocenters. The van der Waals surface area contributed by atoms with Crippen LogP contribution in [-0.4, -0.2) is 35.8 Å². The first-order chi connectivity index (χ1) is 7.43. The number of carbonyl (C=O) groups is 3. The number of ether oxygens (including phenoxy) is 1. The monoisotopic (exact) mass is 227 g/mol. The molecule has 0 aliphatic carbocycles. The fourth-order valence-electron chi connectivity index (χ4n) is 1.71. The van der Waals surface area contributed by atoms with Crippen molar-refractivity contribution in [3.63, 3.8) is 0 Å². The standard InChI is InChI=1S/C11H17NO4/c1-7(2)9(6-8(3)13)10(14)12-4-5-16-11(12)15/h7,9H,4-6H2,1-3H3. The minimum Gasteiger partial charge on any atom is -0.447 e. The summed E-state index contributed by atoms with van der Waals surface area (Å²) in [7, 11) is 0. The van der Waals surface area contributed by atoms with Gasteiger partial charge >= 0.3 is 6.09 Å². The molecule has 1 aliphatic heterocycles. The maximum atomic E-state index is 12.0. The van der Waals surface area contributed by atoms with E-state index in [0.29, 0.717) is 6.54 Å². The summed E-state index contributed by atoms with van der Waals surface area (Å²) in [6.07, 6.45) is -0.417. The van der Waals surface area contributed by atoms with Crippen LogP contribution in [0.1, 0.15) is 27.2 Å². The van der Waals surface area contributed by atoms with Gasteiger partial charge in [-0.15, -0.1) is 0 Å². The van der Waals surface area contributed by atoms with E-state index in [0.717, 1.165) is 4.90 Å². The molecule has 0 aromatic rings. The van der Waals surface area contributed by atoms with Gasteiger partial charge in [0, 0.05) is 12.3 Å². The summed E-state index contributed by atoms with van der Waals surface area (Å²) in [6, 6.07) is 0. The molecule has 1 heterocycles. The van der Waals surface area contributed by atoms with Crippen molar-refractivity contribution in [2.75, 3.05) is 13.2 Å². The molecule has 1 saturated heterocycles. The maximum Gasteiger partial charge on any atom is 0.416 e. The number of Topliss-reactive ketones (excluding diaryl/α,β-unsaturated/α-hetero) is 1. The van der Waals surface area contributed by atoms with Crippen LogP contribution in [0.4, 0.5) is 4.79 Å². The van der Waals surface area contributed by atoms with Crippen molar-refractivity contribution in [2.45, 2.75) is 27.2 Å². The van der Waals surface area contributed by atoms with Crippen LogP contribution in [0.2, 0.25) is 0 Å². The van der Waals surface area contributed by atoms with E-state index in [1.165, 1.54) is 6.92 Å². The minimum absolute atomic E-state index is 0.0322. The molecule has 0 aromatic carbocycles. The lowest BCUT2D eigenvalue weighted by Gasteiger charge is -2.22. The number of rotatable bonds is 4. The van der Waals surface area contributed by atoms with Crippen LogP contribution < -0.4 is 0 Å². The lowest BCUT2D eigenvalue weighted by molar-refractivity contribution is -0.136. The summed E-state index contributed by atoms with van der Waals surface area (Å²) in [5.41, 5.74) is 0. The first kappa shape index (κ1) is 12.7. The number of nitrogens with zero attached hydrogens (tertiary/aromatic N) is 1. The van der Waals surface area contributed by atoms with E-state index in [1.807, 2.05) is 13.8 Å². The Labute approximate surface area is 94.7 Å². The molecule has 1 rings (SSSR count). The van der Waals surface area contributed by atoms with E-state index < -0.39 is 12.0 Å². The number of ketones is 1. The minimum atomic E-state index is -0.598. The highest BCUT2D eigenvalue weighted by Crippen LogP contribution is 2.20. The molecule has 5 nitrogen and oxygen atoms in total. The third-order valence-electron chi connectivity index (χ3n) is 2.66. The van der Waals surface area contributed by atoms with E-state index in [2.05, 4.69) is 0 Å². The Balaban J connectivity index is 2.74. The molecule has 1 aliphatic rings. The van der Waals surface area contributed by atoms with Crippen molar-refractivity contribution in [2.24, 2.45) is 11.8 Å². The topological polar surface area (TPSA) is 63.7 Å². The number of amides is 2. The van der Waals surface area contributed by atoms with Crippen molar-refractivity contribution in [1.82, 2.24) is 4.90 Å². The normalized spacial score (nSPS) is 17.5. The molecular weight excluding hydrogens is 210 g/mol. The van der Waals surface area contributed by atoms with Gasteiger partial charge in [0.15, 0.2) is 0 Å². The van der Waals surface area contributed by atoms with Crippen LogP contribution in [0, 0.1) is 11.8 Å². The average molecular weight is 227 g/mol. The second kappa shape index (κ2) is 5.09. The Hall–Kier alpha value is -1.39. The number of hydrogen-bond acceptors (Lipinski definition) is 4. The molecule has 0 N–H and O–H groups in total. The van der Waals surface area contributed by atoms with Crippen molar-refractivity contribution in [3.05, 3.63) is 0 Å². The quantitative estimate of drug-likeness (QED) is 0.724. The molecular formula is C11H17NO4.